The van der Waals surface area contributed by atoms with Crippen LogP contribution >= 0.6 is 46.4 Å². The van der Waals surface area contributed by atoms with Gasteiger partial charge in [0.25, 0.3) is 5.91 Å². The average molecular weight is 506 g/mol. The number of rotatable bonds is 5. The lowest BCUT2D eigenvalue weighted by Crippen LogP contribution is -2.37. The standard InChI is InChI=1S/C23H16Cl4N4O/c1-13-21(29-22(28-13)17-4-2-3-5-18(17)26)23(32)31(16-9-6-14(24)7-10-16)30-20-11-8-15(25)12-19(20)27/h2-12,30H,1H3,(H,28,29). The van der Waals surface area contributed by atoms with Gasteiger partial charge in [-0.15, -0.1) is 0 Å². The molecule has 0 saturated heterocycles. The topological polar surface area (TPSA) is 61.0 Å². The molecule has 0 aliphatic carbocycles. The molecule has 32 heavy (non-hydrogen) atoms. The Morgan fingerprint density at radius 3 is 2.28 bits per heavy atom. The molecule has 4 rings (SSSR count). The van der Waals surface area contributed by atoms with Crippen molar-refractivity contribution in [3.05, 3.63) is 98.2 Å². The van der Waals surface area contributed by atoms with Crippen molar-refractivity contribution in [1.29, 1.82) is 0 Å². The molecule has 0 unspecified atom stereocenters. The highest BCUT2D eigenvalue weighted by Crippen LogP contribution is 2.30. The van der Waals surface area contributed by atoms with Gasteiger partial charge in [0.1, 0.15) is 5.82 Å². The Morgan fingerprint density at radius 2 is 1.59 bits per heavy atom. The van der Waals surface area contributed by atoms with Crippen LogP contribution in [-0.4, -0.2) is 15.9 Å². The first-order chi connectivity index (χ1) is 15.3. The second-order valence-corrected chi connectivity index (χ2v) is 8.58. The van der Waals surface area contributed by atoms with Gasteiger partial charge in [-0.25, -0.2) is 9.99 Å². The molecule has 1 amide bonds. The van der Waals surface area contributed by atoms with Crippen molar-refractivity contribution in [2.24, 2.45) is 0 Å². The first kappa shape index (κ1) is 22.5. The second kappa shape index (κ2) is 9.43. The zero-order valence-electron chi connectivity index (χ0n) is 16.7. The number of aryl methyl sites for hydroxylation is 1. The van der Waals surface area contributed by atoms with Gasteiger partial charge in [-0.1, -0.05) is 58.5 Å². The van der Waals surface area contributed by atoms with E-state index in [1.807, 2.05) is 18.2 Å². The van der Waals surface area contributed by atoms with Gasteiger partial charge in [-0.3, -0.25) is 10.2 Å². The van der Waals surface area contributed by atoms with Crippen molar-refractivity contribution in [1.82, 2.24) is 9.97 Å². The third-order valence-corrected chi connectivity index (χ3v) is 5.80. The fourth-order valence-corrected chi connectivity index (χ4v) is 3.88. The highest BCUT2D eigenvalue weighted by molar-refractivity contribution is 6.36. The number of hydrogen-bond acceptors (Lipinski definition) is 3. The molecule has 5 nitrogen and oxygen atoms in total. The maximum absolute atomic E-state index is 13.6. The summed E-state index contributed by atoms with van der Waals surface area (Å²) in [5.74, 6) is 0.0995. The summed E-state index contributed by atoms with van der Waals surface area (Å²) in [5, 5.41) is 3.27. The highest BCUT2D eigenvalue weighted by Gasteiger charge is 2.25. The molecule has 3 aromatic carbocycles. The Bertz CT molecular complexity index is 1290. The molecule has 9 heteroatoms. The third-order valence-electron chi connectivity index (χ3n) is 4.67. The lowest BCUT2D eigenvalue weighted by atomic mass is 10.2. The number of carbonyl (C=O) groups is 1. The zero-order chi connectivity index (χ0) is 22.8. The molecule has 0 spiro atoms. The number of carbonyl (C=O) groups excluding carboxylic acids is 1. The Balaban J connectivity index is 1.75. The number of amides is 1. The normalized spacial score (nSPS) is 10.8. The van der Waals surface area contributed by atoms with Crippen molar-refractivity contribution < 1.29 is 4.79 Å². The maximum atomic E-state index is 13.6. The summed E-state index contributed by atoms with van der Waals surface area (Å²) < 4.78 is 0. The summed E-state index contributed by atoms with van der Waals surface area (Å²) in [7, 11) is 0. The molecule has 4 aromatic rings. The Labute approximate surface area is 204 Å². The van der Waals surface area contributed by atoms with E-state index in [0.717, 1.165) is 0 Å². The van der Waals surface area contributed by atoms with Crippen LogP contribution in [0, 0.1) is 6.92 Å². The van der Waals surface area contributed by atoms with Crippen LogP contribution in [0.15, 0.2) is 66.7 Å². The predicted molar refractivity (Wildman–Crippen MR) is 132 cm³/mol. The monoisotopic (exact) mass is 504 g/mol. The van der Waals surface area contributed by atoms with E-state index in [2.05, 4.69) is 15.4 Å². The van der Waals surface area contributed by atoms with Crippen LogP contribution in [0.4, 0.5) is 11.4 Å². The van der Waals surface area contributed by atoms with E-state index in [-0.39, 0.29) is 5.69 Å². The summed E-state index contributed by atoms with van der Waals surface area (Å²) in [6, 6.07) is 19.0. The first-order valence-electron chi connectivity index (χ1n) is 9.46. The number of imidazole rings is 1. The Morgan fingerprint density at radius 1 is 0.906 bits per heavy atom. The van der Waals surface area contributed by atoms with E-state index in [4.69, 9.17) is 46.4 Å². The SMILES string of the molecule is Cc1[nH]c(-c2ccccc2Cl)nc1C(=O)N(Nc1ccc(Cl)cc1Cl)c1ccc(Cl)cc1. The van der Waals surface area contributed by atoms with Crippen LogP contribution < -0.4 is 10.4 Å². The molecule has 1 heterocycles. The van der Waals surface area contributed by atoms with Gasteiger partial charge in [0.05, 0.1) is 21.4 Å². The molecule has 0 atom stereocenters. The van der Waals surface area contributed by atoms with Crippen molar-refractivity contribution in [2.45, 2.75) is 6.92 Å². The molecule has 0 aliphatic rings. The zero-order valence-corrected chi connectivity index (χ0v) is 19.7. The minimum Gasteiger partial charge on any atom is -0.341 e. The van der Waals surface area contributed by atoms with Crippen LogP contribution in [0.5, 0.6) is 0 Å². The summed E-state index contributed by atoms with van der Waals surface area (Å²) in [6.45, 7) is 1.77. The number of H-pyrrole nitrogens is 1. The lowest BCUT2D eigenvalue weighted by Gasteiger charge is -2.24. The number of benzene rings is 3. The van der Waals surface area contributed by atoms with E-state index < -0.39 is 5.91 Å². The average Bonchev–Trinajstić information content (AvgIpc) is 3.15. The highest BCUT2D eigenvalue weighted by atomic mass is 35.5. The fourth-order valence-electron chi connectivity index (χ4n) is 3.08. The van der Waals surface area contributed by atoms with Crippen molar-refractivity contribution >= 4 is 63.7 Å². The van der Waals surface area contributed by atoms with Gasteiger partial charge in [0.2, 0.25) is 0 Å². The van der Waals surface area contributed by atoms with Crippen LogP contribution in [0.3, 0.4) is 0 Å². The summed E-state index contributed by atoms with van der Waals surface area (Å²) in [4.78, 5) is 21.3. The lowest BCUT2D eigenvalue weighted by molar-refractivity contribution is 0.0988. The second-order valence-electron chi connectivity index (χ2n) is 6.89. The van der Waals surface area contributed by atoms with E-state index in [0.29, 0.717) is 48.5 Å². The molecule has 0 fully saturated rings. The molecule has 0 saturated carbocycles. The third kappa shape index (κ3) is 4.71. The van der Waals surface area contributed by atoms with Gasteiger partial charge in [0.15, 0.2) is 5.69 Å². The minimum atomic E-state index is -0.398. The predicted octanol–water partition coefficient (Wildman–Crippen LogP) is 7.67. The number of anilines is 2. The van der Waals surface area contributed by atoms with Crippen LogP contribution in [0.25, 0.3) is 11.4 Å². The summed E-state index contributed by atoms with van der Waals surface area (Å²) >= 11 is 24.7. The minimum absolute atomic E-state index is 0.229. The number of hydrazine groups is 1. The quantitative estimate of drug-likeness (QED) is 0.273. The molecule has 0 aliphatic heterocycles. The van der Waals surface area contributed by atoms with Gasteiger partial charge in [-0.05, 0) is 61.5 Å². The van der Waals surface area contributed by atoms with Crippen molar-refractivity contribution in [2.75, 3.05) is 10.4 Å². The molecule has 0 radical (unpaired) electrons. The van der Waals surface area contributed by atoms with Gasteiger partial charge >= 0.3 is 0 Å². The Hall–Kier alpha value is -2.70. The number of aromatic nitrogens is 2. The summed E-state index contributed by atoms with van der Waals surface area (Å²) in [5.41, 5.74) is 5.63. The number of nitrogens with one attached hydrogen (secondary N) is 2. The number of aromatic amines is 1. The largest absolute Gasteiger partial charge is 0.341 e. The van der Waals surface area contributed by atoms with E-state index >= 15 is 0 Å². The van der Waals surface area contributed by atoms with Crippen LogP contribution in [-0.2, 0) is 0 Å². The van der Waals surface area contributed by atoms with E-state index in [9.17, 15) is 4.79 Å². The van der Waals surface area contributed by atoms with Crippen molar-refractivity contribution in [3.63, 3.8) is 0 Å². The first-order valence-corrected chi connectivity index (χ1v) is 11.0. The molecular formula is C23H16Cl4N4O. The smallest absolute Gasteiger partial charge is 0.297 e. The van der Waals surface area contributed by atoms with Gasteiger partial charge < -0.3 is 4.98 Å². The Kier molecular flexibility index (Phi) is 6.63. The molecule has 1 aromatic heterocycles. The number of hydrogen-bond donors (Lipinski definition) is 2. The molecule has 0 bridgehead atoms. The summed E-state index contributed by atoms with van der Waals surface area (Å²) in [6.07, 6.45) is 0. The van der Waals surface area contributed by atoms with Gasteiger partial charge in [-0.2, -0.15) is 0 Å². The van der Waals surface area contributed by atoms with E-state index in [1.165, 1.54) is 5.01 Å². The van der Waals surface area contributed by atoms with Crippen LogP contribution in [0.2, 0.25) is 20.1 Å². The van der Waals surface area contributed by atoms with Crippen LogP contribution in [0.1, 0.15) is 16.2 Å². The molecule has 162 valence electrons. The number of nitrogens with zero attached hydrogens (tertiary/aromatic N) is 2. The number of halogens is 4. The maximum Gasteiger partial charge on any atom is 0.297 e. The van der Waals surface area contributed by atoms with Crippen molar-refractivity contribution in [3.8, 4) is 11.4 Å². The molecular weight excluding hydrogens is 490 g/mol. The van der Waals surface area contributed by atoms with Gasteiger partial charge in [0, 0.05) is 21.3 Å². The van der Waals surface area contributed by atoms with E-state index in [1.54, 1.807) is 55.5 Å². The molecule has 2 N–H and O–H groups in total. The fraction of sp³-hybridized carbons (Fsp3) is 0.0435.